The summed E-state index contributed by atoms with van der Waals surface area (Å²) in [6, 6.07) is 7.51. The lowest BCUT2D eigenvalue weighted by molar-refractivity contribution is -0.120. The molecule has 0 unspecified atom stereocenters. The van der Waals surface area contributed by atoms with Crippen LogP contribution < -0.4 is 10.6 Å². The summed E-state index contributed by atoms with van der Waals surface area (Å²) in [4.78, 5) is 24.1. The molecule has 7 nitrogen and oxygen atoms in total. The summed E-state index contributed by atoms with van der Waals surface area (Å²) in [5, 5.41) is 10.4. The van der Waals surface area contributed by atoms with Gasteiger partial charge in [-0.25, -0.2) is 0 Å². The Labute approximate surface area is 157 Å². The van der Waals surface area contributed by atoms with Crippen molar-refractivity contribution in [1.82, 2.24) is 20.4 Å². The second kappa shape index (κ2) is 9.35. The summed E-state index contributed by atoms with van der Waals surface area (Å²) in [6.07, 6.45) is 0. The maximum absolute atomic E-state index is 12.5. The Bertz CT molecular complexity index is 789. The van der Waals surface area contributed by atoms with Gasteiger partial charge in [-0.2, -0.15) is 5.10 Å². The van der Waals surface area contributed by atoms with Crippen LogP contribution in [0.5, 0.6) is 0 Å². The number of nitrogens with one attached hydrogen (secondary N) is 2. The van der Waals surface area contributed by atoms with Crippen LogP contribution in [0.25, 0.3) is 0 Å². The molecule has 2 amide bonds. The molecule has 0 spiro atoms. The molecule has 0 radical (unpaired) electrons. The molecular weight excluding hydrogens is 356 g/mol. The minimum atomic E-state index is -0.327. The van der Waals surface area contributed by atoms with E-state index in [0.29, 0.717) is 36.0 Å². The Morgan fingerprint density at radius 3 is 2.65 bits per heavy atom. The van der Waals surface area contributed by atoms with Crippen LogP contribution in [0.2, 0.25) is 5.02 Å². The molecule has 140 valence electrons. The molecule has 8 heteroatoms. The lowest BCUT2D eigenvalue weighted by Gasteiger charge is -2.08. The average Bonchev–Trinajstić information content (AvgIpc) is 2.89. The zero-order valence-corrected chi connectivity index (χ0v) is 15.9. The van der Waals surface area contributed by atoms with Gasteiger partial charge < -0.3 is 15.4 Å². The summed E-state index contributed by atoms with van der Waals surface area (Å²) in [5.41, 5.74) is 2.72. The number of benzene rings is 1. The van der Waals surface area contributed by atoms with Crippen LogP contribution in [0, 0.1) is 13.8 Å². The molecule has 0 aliphatic carbocycles. The van der Waals surface area contributed by atoms with Crippen LogP contribution in [-0.2, 0) is 16.1 Å². The molecular formula is C18H23ClN4O3. The molecule has 1 aromatic heterocycles. The average molecular weight is 379 g/mol. The van der Waals surface area contributed by atoms with Gasteiger partial charge in [-0.1, -0.05) is 29.8 Å². The van der Waals surface area contributed by atoms with Crippen LogP contribution in [0.1, 0.15) is 27.3 Å². The smallest absolute Gasteiger partial charge is 0.255 e. The topological polar surface area (TPSA) is 85.2 Å². The van der Waals surface area contributed by atoms with Gasteiger partial charge in [-0.15, -0.1) is 0 Å². The fourth-order valence-corrected chi connectivity index (χ4v) is 2.77. The molecule has 0 atom stereocenters. The molecule has 0 fully saturated rings. The van der Waals surface area contributed by atoms with E-state index in [2.05, 4.69) is 15.7 Å². The Balaban J connectivity index is 2.03. The highest BCUT2D eigenvalue weighted by molar-refractivity contribution is 6.31. The van der Waals surface area contributed by atoms with E-state index >= 15 is 0 Å². The van der Waals surface area contributed by atoms with Crippen LogP contribution in [-0.4, -0.2) is 48.4 Å². The summed E-state index contributed by atoms with van der Waals surface area (Å²) >= 11 is 6.20. The number of carbonyl (C=O) groups excluding carboxylic acids is 2. The normalized spacial score (nSPS) is 10.6. The first-order valence-electron chi connectivity index (χ1n) is 8.25. The SMILES string of the molecule is COCCNC(=O)CNC(=O)c1c(C)nn(Cc2ccccc2Cl)c1C. The van der Waals surface area contributed by atoms with Crippen LogP contribution in [0.3, 0.4) is 0 Å². The first kappa shape index (κ1) is 19.9. The summed E-state index contributed by atoms with van der Waals surface area (Å²) in [7, 11) is 1.56. The van der Waals surface area contributed by atoms with Crippen molar-refractivity contribution in [2.24, 2.45) is 0 Å². The van der Waals surface area contributed by atoms with E-state index in [1.54, 1.807) is 18.7 Å². The number of hydrogen-bond acceptors (Lipinski definition) is 4. The Morgan fingerprint density at radius 1 is 1.23 bits per heavy atom. The molecule has 0 bridgehead atoms. The van der Waals surface area contributed by atoms with Crippen molar-refractivity contribution < 1.29 is 14.3 Å². The van der Waals surface area contributed by atoms with Gasteiger partial charge in [0.15, 0.2) is 0 Å². The first-order chi connectivity index (χ1) is 12.4. The lowest BCUT2D eigenvalue weighted by atomic mass is 10.1. The van der Waals surface area contributed by atoms with Crippen molar-refractivity contribution in [3.05, 3.63) is 51.8 Å². The van der Waals surface area contributed by atoms with Crippen molar-refractivity contribution in [1.29, 1.82) is 0 Å². The second-order valence-corrected chi connectivity index (χ2v) is 6.23. The van der Waals surface area contributed by atoms with E-state index in [4.69, 9.17) is 16.3 Å². The van der Waals surface area contributed by atoms with E-state index < -0.39 is 0 Å². The van der Waals surface area contributed by atoms with Gasteiger partial charge in [0.25, 0.3) is 5.91 Å². The quantitative estimate of drug-likeness (QED) is 0.684. The van der Waals surface area contributed by atoms with Gasteiger partial charge in [-0.3, -0.25) is 14.3 Å². The number of rotatable bonds is 8. The standard InChI is InChI=1S/C18H23ClN4O3/c1-12-17(18(25)21-10-16(24)20-8-9-26-3)13(2)23(22-12)11-14-6-4-5-7-15(14)19/h4-7H,8-11H2,1-3H3,(H,20,24)(H,21,25). The van der Waals surface area contributed by atoms with E-state index in [1.165, 1.54) is 0 Å². The molecule has 1 aromatic carbocycles. The van der Waals surface area contributed by atoms with Crippen LogP contribution >= 0.6 is 11.6 Å². The Morgan fingerprint density at radius 2 is 1.96 bits per heavy atom. The van der Waals surface area contributed by atoms with E-state index in [9.17, 15) is 9.59 Å². The molecule has 2 rings (SSSR count). The summed E-state index contributed by atoms with van der Waals surface area (Å²) in [6.45, 7) is 4.79. The molecule has 26 heavy (non-hydrogen) atoms. The highest BCUT2D eigenvalue weighted by Gasteiger charge is 2.19. The Hall–Kier alpha value is -2.38. The third kappa shape index (κ3) is 5.06. The van der Waals surface area contributed by atoms with Gasteiger partial charge in [0.1, 0.15) is 0 Å². The number of aryl methyl sites for hydroxylation is 1. The highest BCUT2D eigenvalue weighted by Crippen LogP contribution is 2.19. The van der Waals surface area contributed by atoms with Gasteiger partial charge in [0, 0.05) is 24.4 Å². The van der Waals surface area contributed by atoms with Crippen molar-refractivity contribution >= 4 is 23.4 Å². The number of methoxy groups -OCH3 is 1. The predicted molar refractivity (Wildman–Crippen MR) is 99.5 cm³/mol. The maximum atomic E-state index is 12.5. The van der Waals surface area contributed by atoms with Crippen molar-refractivity contribution in [3.63, 3.8) is 0 Å². The lowest BCUT2D eigenvalue weighted by Crippen LogP contribution is -2.38. The molecule has 2 N–H and O–H groups in total. The minimum absolute atomic E-state index is 0.100. The summed E-state index contributed by atoms with van der Waals surface area (Å²) < 4.78 is 6.60. The zero-order chi connectivity index (χ0) is 19.1. The second-order valence-electron chi connectivity index (χ2n) is 5.82. The summed E-state index contributed by atoms with van der Waals surface area (Å²) in [5.74, 6) is -0.596. The first-order valence-corrected chi connectivity index (χ1v) is 8.63. The number of halogens is 1. The number of aromatic nitrogens is 2. The van der Waals surface area contributed by atoms with Gasteiger partial charge in [0.05, 0.1) is 31.0 Å². The van der Waals surface area contributed by atoms with E-state index in [-0.39, 0.29) is 18.4 Å². The van der Waals surface area contributed by atoms with Crippen LogP contribution in [0.15, 0.2) is 24.3 Å². The fourth-order valence-electron chi connectivity index (χ4n) is 2.57. The zero-order valence-electron chi connectivity index (χ0n) is 15.1. The van der Waals surface area contributed by atoms with Crippen molar-refractivity contribution in [2.45, 2.75) is 20.4 Å². The number of nitrogens with zero attached hydrogens (tertiary/aromatic N) is 2. The largest absolute Gasteiger partial charge is 0.383 e. The number of hydrogen-bond donors (Lipinski definition) is 2. The molecule has 0 aliphatic rings. The Kier molecular flexibility index (Phi) is 7.17. The van der Waals surface area contributed by atoms with E-state index in [0.717, 1.165) is 11.3 Å². The van der Waals surface area contributed by atoms with Gasteiger partial charge in [-0.05, 0) is 25.5 Å². The molecule has 0 saturated carbocycles. The maximum Gasteiger partial charge on any atom is 0.255 e. The van der Waals surface area contributed by atoms with E-state index in [1.807, 2.05) is 31.2 Å². The van der Waals surface area contributed by atoms with Gasteiger partial charge in [0.2, 0.25) is 5.91 Å². The van der Waals surface area contributed by atoms with Crippen LogP contribution in [0.4, 0.5) is 0 Å². The fraction of sp³-hybridized carbons (Fsp3) is 0.389. The number of amides is 2. The monoisotopic (exact) mass is 378 g/mol. The molecule has 0 saturated heterocycles. The highest BCUT2D eigenvalue weighted by atomic mass is 35.5. The molecule has 2 aromatic rings. The van der Waals surface area contributed by atoms with Gasteiger partial charge >= 0.3 is 0 Å². The third-order valence-corrected chi connectivity index (χ3v) is 4.29. The van der Waals surface area contributed by atoms with Crippen molar-refractivity contribution in [3.8, 4) is 0 Å². The number of ether oxygens (including phenoxy) is 1. The number of carbonyl (C=O) groups is 2. The predicted octanol–water partition coefficient (Wildman–Crippen LogP) is 1.69. The third-order valence-electron chi connectivity index (χ3n) is 3.92. The molecule has 0 aliphatic heterocycles. The van der Waals surface area contributed by atoms with Crippen molar-refractivity contribution in [2.75, 3.05) is 26.8 Å². The minimum Gasteiger partial charge on any atom is -0.383 e. The molecule has 1 heterocycles.